The first-order valence-corrected chi connectivity index (χ1v) is 8.96. The Balaban J connectivity index is 0.00000256. The predicted octanol–water partition coefficient (Wildman–Crippen LogP) is 3.29. The van der Waals surface area contributed by atoms with E-state index in [4.69, 9.17) is 17.3 Å². The molecule has 0 radical (unpaired) electrons. The van der Waals surface area contributed by atoms with Crippen LogP contribution in [-0.4, -0.2) is 29.7 Å². The third-order valence-corrected chi connectivity index (χ3v) is 4.67. The van der Waals surface area contributed by atoms with Crippen LogP contribution in [0, 0.1) is 11.3 Å². The molecule has 1 atom stereocenters. The van der Waals surface area contributed by atoms with Crippen LogP contribution in [0.1, 0.15) is 24.1 Å². The Hall–Kier alpha value is -3.55. The number of aromatic hydroxyl groups is 1. The zero-order valence-electron chi connectivity index (χ0n) is 15.7. The number of phenols is 1. The van der Waals surface area contributed by atoms with Crippen molar-refractivity contribution in [3.63, 3.8) is 0 Å². The number of phenolic OH excluding ortho intramolecular Hbond substituents is 1. The third kappa shape index (κ3) is 3.80. The molecular weight excluding hydrogens is 424 g/mol. The quantitative estimate of drug-likeness (QED) is 0.439. The summed E-state index contributed by atoms with van der Waals surface area (Å²) in [6.45, 7) is 1.89. The average Bonchev–Trinajstić information content (AvgIpc) is 3.07. The monoisotopic (exact) mass is 440 g/mol. The van der Waals surface area contributed by atoms with Crippen LogP contribution in [-0.2, 0) is 0 Å². The number of nitriles is 1. The minimum Gasteiger partial charge on any atom is -0.508 e. The van der Waals surface area contributed by atoms with E-state index in [9.17, 15) is 10.4 Å². The maximum Gasteiger partial charge on any atom is 0.155 e. The molecule has 4 N–H and O–H groups in total. The number of fused-ring (bicyclic) bond motifs is 1. The topological polar surface area (TPSA) is 138 Å². The lowest BCUT2D eigenvalue weighted by Crippen LogP contribution is -2.13. The van der Waals surface area contributed by atoms with Crippen molar-refractivity contribution in [1.82, 2.24) is 24.6 Å². The van der Waals surface area contributed by atoms with Gasteiger partial charge in [0.25, 0.3) is 0 Å². The fourth-order valence-corrected chi connectivity index (χ4v) is 3.18. The summed E-state index contributed by atoms with van der Waals surface area (Å²) in [5, 5.41) is 27.5. The summed E-state index contributed by atoms with van der Waals surface area (Å²) in [6.07, 6.45) is 2.80. The summed E-state index contributed by atoms with van der Waals surface area (Å²) in [7, 11) is 0. The summed E-state index contributed by atoms with van der Waals surface area (Å²) >= 11 is 6.19. The third-order valence-electron chi connectivity index (χ3n) is 4.41. The van der Waals surface area contributed by atoms with Gasteiger partial charge in [-0.3, -0.25) is 0 Å². The van der Waals surface area contributed by atoms with E-state index in [1.54, 1.807) is 18.2 Å². The van der Waals surface area contributed by atoms with Gasteiger partial charge in [0.15, 0.2) is 10.8 Å². The smallest absolute Gasteiger partial charge is 0.155 e. The van der Waals surface area contributed by atoms with E-state index in [2.05, 4.69) is 25.4 Å². The molecule has 4 rings (SSSR count). The van der Waals surface area contributed by atoms with Crippen molar-refractivity contribution in [3.8, 4) is 23.1 Å². The van der Waals surface area contributed by atoms with Gasteiger partial charge in [-0.25, -0.2) is 19.5 Å². The first-order chi connectivity index (χ1) is 14.0. The van der Waals surface area contributed by atoms with E-state index in [-0.39, 0.29) is 36.7 Å². The van der Waals surface area contributed by atoms with E-state index in [0.717, 1.165) is 5.56 Å². The number of hydrogen-bond acceptors (Lipinski definition) is 8. The largest absolute Gasteiger partial charge is 0.508 e. The highest BCUT2D eigenvalue weighted by atomic mass is 35.5. The van der Waals surface area contributed by atoms with E-state index < -0.39 is 0 Å². The van der Waals surface area contributed by atoms with Crippen LogP contribution in [0.2, 0.25) is 5.15 Å². The average molecular weight is 441 g/mol. The molecule has 0 bridgehead atoms. The Morgan fingerprint density at radius 1 is 1.27 bits per heavy atom. The van der Waals surface area contributed by atoms with Gasteiger partial charge in [0.05, 0.1) is 17.9 Å². The number of nitrogens with zero attached hydrogens (tertiary/aromatic N) is 6. The second-order valence-corrected chi connectivity index (χ2v) is 6.70. The maximum absolute atomic E-state index is 9.91. The molecule has 0 saturated heterocycles. The number of imidazole rings is 1. The minimum absolute atomic E-state index is 0. The second-order valence-electron chi connectivity index (χ2n) is 6.31. The van der Waals surface area contributed by atoms with Crippen molar-refractivity contribution in [2.24, 2.45) is 0 Å². The fraction of sp³-hybridized carbons (Fsp3) is 0.105. The van der Waals surface area contributed by atoms with Crippen molar-refractivity contribution in [2.45, 2.75) is 13.0 Å². The lowest BCUT2D eigenvalue weighted by atomic mass is 10.0. The van der Waals surface area contributed by atoms with Crippen LogP contribution in [0.5, 0.6) is 5.75 Å². The first kappa shape index (κ1) is 21.2. The van der Waals surface area contributed by atoms with Crippen LogP contribution in [0.4, 0.5) is 11.6 Å². The SMILES string of the molecule is C[C@H](Nc1ncnc(N)c1C#N)c1cc2ncc(Cl)n2nc1-c1cccc(O)c1.S. The van der Waals surface area contributed by atoms with Gasteiger partial charge in [0, 0.05) is 11.1 Å². The molecule has 11 heteroatoms. The lowest BCUT2D eigenvalue weighted by Gasteiger charge is -2.19. The molecule has 9 nitrogen and oxygen atoms in total. The number of nitrogens with two attached hydrogens (primary N) is 1. The molecule has 0 saturated carbocycles. The van der Waals surface area contributed by atoms with Crippen LogP contribution in [0.25, 0.3) is 16.9 Å². The summed E-state index contributed by atoms with van der Waals surface area (Å²) < 4.78 is 1.51. The molecule has 1 aromatic carbocycles. The van der Waals surface area contributed by atoms with Gasteiger partial charge < -0.3 is 16.2 Å². The molecule has 0 aliphatic rings. The Morgan fingerprint density at radius 3 is 2.80 bits per heavy atom. The molecule has 152 valence electrons. The maximum atomic E-state index is 9.91. The van der Waals surface area contributed by atoms with Crippen molar-refractivity contribution in [3.05, 3.63) is 59.1 Å². The number of hydrogen-bond donors (Lipinski definition) is 3. The second kappa shape index (κ2) is 8.44. The minimum atomic E-state index is -0.332. The fourth-order valence-electron chi connectivity index (χ4n) is 3.01. The standard InChI is InChI=1S/C19H15ClN8O.H2S/c1-10(26-19-14(7-21)18(22)24-9-25-19)13-6-16-23-8-15(20)28(16)27-17(13)11-3-2-4-12(29)5-11;/h2-6,8-10,29H,1H3,(H3,22,24,25,26);1H2/t10-;/m0./s1. The lowest BCUT2D eigenvalue weighted by molar-refractivity contribution is 0.475. The normalized spacial score (nSPS) is 11.5. The highest BCUT2D eigenvalue weighted by molar-refractivity contribution is 7.59. The Labute approximate surface area is 183 Å². The number of nitrogens with one attached hydrogen (secondary N) is 1. The first-order valence-electron chi connectivity index (χ1n) is 8.58. The van der Waals surface area contributed by atoms with E-state index >= 15 is 0 Å². The molecule has 0 aliphatic heterocycles. The molecule has 0 amide bonds. The van der Waals surface area contributed by atoms with E-state index in [0.29, 0.717) is 27.9 Å². The summed E-state index contributed by atoms with van der Waals surface area (Å²) in [5.74, 6) is 0.526. The molecule has 4 aromatic rings. The van der Waals surface area contributed by atoms with Crippen LogP contribution < -0.4 is 11.1 Å². The number of rotatable bonds is 4. The zero-order valence-corrected chi connectivity index (χ0v) is 17.5. The molecule has 3 aromatic heterocycles. The number of halogens is 1. The predicted molar refractivity (Wildman–Crippen MR) is 119 cm³/mol. The van der Waals surface area contributed by atoms with Gasteiger partial charge in [-0.2, -0.15) is 23.9 Å². The van der Waals surface area contributed by atoms with E-state index in [1.165, 1.54) is 17.0 Å². The van der Waals surface area contributed by atoms with Crippen molar-refractivity contribution >= 4 is 42.4 Å². The number of anilines is 2. The van der Waals surface area contributed by atoms with Gasteiger partial charge in [-0.05, 0) is 25.1 Å². The molecule has 0 aliphatic carbocycles. The van der Waals surface area contributed by atoms with Gasteiger partial charge >= 0.3 is 0 Å². The number of aromatic nitrogens is 5. The van der Waals surface area contributed by atoms with Crippen molar-refractivity contribution in [2.75, 3.05) is 11.1 Å². The summed E-state index contributed by atoms with van der Waals surface area (Å²) in [5.41, 5.74) is 8.56. The summed E-state index contributed by atoms with van der Waals surface area (Å²) in [4.78, 5) is 12.2. The number of nitrogen functional groups attached to an aromatic ring is 1. The van der Waals surface area contributed by atoms with Gasteiger partial charge in [-0.15, -0.1) is 0 Å². The summed E-state index contributed by atoms with van der Waals surface area (Å²) in [6, 6.07) is 10.3. The Morgan fingerprint density at radius 2 is 2.07 bits per heavy atom. The Kier molecular flexibility index (Phi) is 5.96. The number of benzene rings is 1. The van der Waals surface area contributed by atoms with Gasteiger partial charge in [-0.1, -0.05) is 23.7 Å². The van der Waals surface area contributed by atoms with Gasteiger partial charge in [0.2, 0.25) is 0 Å². The van der Waals surface area contributed by atoms with E-state index in [1.807, 2.05) is 25.1 Å². The van der Waals surface area contributed by atoms with Gasteiger partial charge in [0.1, 0.15) is 35.3 Å². The highest BCUT2D eigenvalue weighted by Gasteiger charge is 2.19. The Bertz CT molecular complexity index is 1270. The van der Waals surface area contributed by atoms with Crippen LogP contribution in [0.3, 0.4) is 0 Å². The van der Waals surface area contributed by atoms with Crippen molar-refractivity contribution in [1.29, 1.82) is 5.26 Å². The highest BCUT2D eigenvalue weighted by Crippen LogP contribution is 2.32. The van der Waals surface area contributed by atoms with Crippen LogP contribution >= 0.6 is 25.1 Å². The molecule has 3 heterocycles. The van der Waals surface area contributed by atoms with Crippen molar-refractivity contribution < 1.29 is 5.11 Å². The molecule has 0 unspecified atom stereocenters. The molecule has 30 heavy (non-hydrogen) atoms. The zero-order chi connectivity index (χ0) is 20.5. The molecule has 0 fully saturated rings. The van der Waals surface area contributed by atoms with Crippen LogP contribution in [0.15, 0.2) is 42.9 Å². The molecule has 0 spiro atoms. The molecular formula is C19H17ClN8OS.